The summed E-state index contributed by atoms with van der Waals surface area (Å²) >= 11 is 0. The molecule has 1 aromatic rings. The van der Waals surface area contributed by atoms with Crippen LogP contribution in [0, 0.1) is 0 Å². The van der Waals surface area contributed by atoms with Gasteiger partial charge in [0.2, 0.25) is 0 Å². The van der Waals surface area contributed by atoms with E-state index in [1.165, 1.54) is 12.1 Å². The van der Waals surface area contributed by atoms with E-state index in [4.69, 9.17) is 10.5 Å². The van der Waals surface area contributed by atoms with Crippen LogP contribution in [-0.2, 0) is 11.3 Å². The first kappa shape index (κ1) is 12.3. The molecule has 0 bridgehead atoms. The van der Waals surface area contributed by atoms with Crippen LogP contribution >= 0.6 is 0 Å². The summed E-state index contributed by atoms with van der Waals surface area (Å²) in [5.74, 6) is 0. The molecule has 1 unspecified atom stereocenters. The van der Waals surface area contributed by atoms with E-state index in [1.54, 1.807) is 6.20 Å². The first-order valence-corrected chi connectivity index (χ1v) is 6.34. The number of piperidine rings is 1. The number of nitrogens with zero attached hydrogens (tertiary/aromatic N) is 2. The first-order valence-electron chi connectivity index (χ1n) is 6.34. The van der Waals surface area contributed by atoms with Crippen LogP contribution in [0.1, 0.15) is 25.3 Å². The quantitative estimate of drug-likeness (QED) is 0.860. The lowest BCUT2D eigenvalue weighted by Crippen LogP contribution is -2.40. The van der Waals surface area contributed by atoms with Gasteiger partial charge in [0.1, 0.15) is 0 Å². The second-order valence-corrected chi connectivity index (χ2v) is 4.37. The normalized spacial score (nSPS) is 20.6. The second kappa shape index (κ2) is 5.98. The van der Waals surface area contributed by atoms with E-state index in [9.17, 15) is 0 Å². The van der Waals surface area contributed by atoms with Gasteiger partial charge in [-0.15, -0.1) is 0 Å². The molecular weight excluding hydrogens is 214 g/mol. The molecule has 1 aliphatic rings. The predicted octanol–water partition coefficient (Wildman–Crippen LogP) is 1.55. The van der Waals surface area contributed by atoms with Gasteiger partial charge in [-0.1, -0.05) is 0 Å². The highest BCUT2D eigenvalue weighted by atomic mass is 16.5. The number of hydrogen-bond donors (Lipinski definition) is 1. The summed E-state index contributed by atoms with van der Waals surface area (Å²) in [5, 5.41) is 0. The Morgan fingerprint density at radius 3 is 3.24 bits per heavy atom. The molecule has 2 rings (SSSR count). The summed E-state index contributed by atoms with van der Waals surface area (Å²) in [6.07, 6.45) is 6.39. The van der Waals surface area contributed by atoms with Crippen molar-refractivity contribution in [2.45, 2.75) is 32.4 Å². The van der Waals surface area contributed by atoms with Gasteiger partial charge in [-0.3, -0.25) is 4.98 Å². The van der Waals surface area contributed by atoms with Gasteiger partial charge in [0.15, 0.2) is 0 Å². The van der Waals surface area contributed by atoms with Crippen LogP contribution in [0.3, 0.4) is 0 Å². The maximum Gasteiger partial charge on any atom is 0.0750 e. The Hall–Kier alpha value is -1.13. The maximum atomic E-state index is 5.76. The predicted molar refractivity (Wildman–Crippen MR) is 69.0 cm³/mol. The Morgan fingerprint density at radius 1 is 1.59 bits per heavy atom. The van der Waals surface area contributed by atoms with Crippen LogP contribution in [0.25, 0.3) is 0 Å². The largest absolute Gasteiger partial charge is 0.377 e. The topological polar surface area (TPSA) is 51.4 Å². The number of ether oxygens (including phenoxy) is 1. The summed E-state index contributed by atoms with van der Waals surface area (Å²) in [5.41, 5.74) is 8.10. The van der Waals surface area contributed by atoms with Crippen molar-refractivity contribution in [3.8, 4) is 0 Å². The van der Waals surface area contributed by atoms with E-state index >= 15 is 0 Å². The summed E-state index contributed by atoms with van der Waals surface area (Å²) < 4.78 is 5.71. The van der Waals surface area contributed by atoms with Gasteiger partial charge in [0, 0.05) is 32.4 Å². The Kier molecular flexibility index (Phi) is 4.34. The Balaban J connectivity index is 2.10. The van der Waals surface area contributed by atoms with Crippen LogP contribution in [0.2, 0.25) is 0 Å². The van der Waals surface area contributed by atoms with Crippen LogP contribution < -0.4 is 10.6 Å². The van der Waals surface area contributed by atoms with Gasteiger partial charge in [-0.2, -0.15) is 0 Å². The van der Waals surface area contributed by atoms with Crippen molar-refractivity contribution in [2.24, 2.45) is 5.73 Å². The third kappa shape index (κ3) is 2.96. The van der Waals surface area contributed by atoms with Crippen molar-refractivity contribution >= 4 is 5.69 Å². The summed E-state index contributed by atoms with van der Waals surface area (Å²) in [6, 6.07) is 2.00. The molecule has 1 saturated heterocycles. The average Bonchev–Trinajstić information content (AvgIpc) is 2.39. The van der Waals surface area contributed by atoms with Crippen molar-refractivity contribution < 1.29 is 4.74 Å². The fraction of sp³-hybridized carbons (Fsp3) is 0.615. The summed E-state index contributed by atoms with van der Waals surface area (Å²) in [6.45, 7) is 5.42. The monoisotopic (exact) mass is 235 g/mol. The standard InChI is InChI=1S/C13H21N3O/c1-2-17-12-4-3-7-16(10-12)13-9-15-6-5-11(13)8-14/h5-6,9,12H,2-4,7-8,10,14H2,1H3. The van der Waals surface area contributed by atoms with E-state index in [0.29, 0.717) is 12.6 Å². The minimum atomic E-state index is 0.347. The molecular formula is C13H21N3O. The van der Waals surface area contributed by atoms with Gasteiger partial charge in [-0.05, 0) is 31.4 Å². The molecule has 4 heteroatoms. The number of nitrogens with two attached hydrogens (primary N) is 1. The van der Waals surface area contributed by atoms with Gasteiger partial charge >= 0.3 is 0 Å². The lowest BCUT2D eigenvalue weighted by molar-refractivity contribution is 0.0526. The zero-order valence-electron chi connectivity index (χ0n) is 10.4. The van der Waals surface area contributed by atoms with E-state index in [0.717, 1.165) is 31.7 Å². The number of rotatable bonds is 4. The highest BCUT2D eigenvalue weighted by molar-refractivity contribution is 5.52. The Labute approximate surface area is 103 Å². The molecule has 0 aliphatic carbocycles. The fourth-order valence-corrected chi connectivity index (χ4v) is 2.40. The summed E-state index contributed by atoms with van der Waals surface area (Å²) in [7, 11) is 0. The fourth-order valence-electron chi connectivity index (χ4n) is 2.40. The molecule has 94 valence electrons. The van der Waals surface area contributed by atoms with E-state index in [2.05, 4.69) is 9.88 Å². The van der Waals surface area contributed by atoms with E-state index in [-0.39, 0.29) is 0 Å². The number of anilines is 1. The van der Waals surface area contributed by atoms with Crippen LogP contribution in [0.5, 0.6) is 0 Å². The van der Waals surface area contributed by atoms with Gasteiger partial charge < -0.3 is 15.4 Å². The SMILES string of the molecule is CCOC1CCCN(c2cnccc2CN)C1. The number of aromatic nitrogens is 1. The molecule has 17 heavy (non-hydrogen) atoms. The second-order valence-electron chi connectivity index (χ2n) is 4.37. The molecule has 1 atom stereocenters. The van der Waals surface area contributed by atoms with Crippen molar-refractivity contribution in [2.75, 3.05) is 24.6 Å². The molecule has 2 N–H and O–H groups in total. The van der Waals surface area contributed by atoms with Gasteiger partial charge in [0.05, 0.1) is 18.0 Å². The smallest absolute Gasteiger partial charge is 0.0750 e. The van der Waals surface area contributed by atoms with Gasteiger partial charge in [0.25, 0.3) is 0 Å². The molecule has 0 radical (unpaired) electrons. The molecule has 0 aromatic carbocycles. The highest BCUT2D eigenvalue weighted by Crippen LogP contribution is 2.23. The summed E-state index contributed by atoms with van der Waals surface area (Å²) in [4.78, 5) is 6.55. The van der Waals surface area contributed by atoms with E-state index in [1.807, 2.05) is 19.2 Å². The molecule has 1 fully saturated rings. The van der Waals surface area contributed by atoms with E-state index < -0.39 is 0 Å². The molecule has 1 aromatic heterocycles. The first-order chi connectivity index (χ1) is 8.35. The Bertz CT molecular complexity index is 354. The van der Waals surface area contributed by atoms with Crippen LogP contribution in [0.15, 0.2) is 18.5 Å². The van der Waals surface area contributed by atoms with Crippen molar-refractivity contribution in [3.63, 3.8) is 0 Å². The highest BCUT2D eigenvalue weighted by Gasteiger charge is 2.21. The minimum absolute atomic E-state index is 0.347. The maximum absolute atomic E-state index is 5.76. The lowest BCUT2D eigenvalue weighted by atomic mass is 10.1. The molecule has 1 aliphatic heterocycles. The lowest BCUT2D eigenvalue weighted by Gasteiger charge is -2.34. The number of hydrogen-bond acceptors (Lipinski definition) is 4. The molecule has 2 heterocycles. The molecule has 0 saturated carbocycles. The number of pyridine rings is 1. The van der Waals surface area contributed by atoms with Crippen molar-refractivity contribution in [1.82, 2.24) is 4.98 Å². The minimum Gasteiger partial charge on any atom is -0.377 e. The molecule has 0 spiro atoms. The van der Waals surface area contributed by atoms with Gasteiger partial charge in [-0.25, -0.2) is 0 Å². The average molecular weight is 235 g/mol. The van der Waals surface area contributed by atoms with Crippen molar-refractivity contribution in [3.05, 3.63) is 24.0 Å². The van der Waals surface area contributed by atoms with Crippen molar-refractivity contribution in [1.29, 1.82) is 0 Å². The third-order valence-electron chi connectivity index (χ3n) is 3.23. The van der Waals surface area contributed by atoms with Crippen LogP contribution in [0.4, 0.5) is 5.69 Å². The zero-order valence-corrected chi connectivity index (χ0v) is 10.4. The molecule has 0 amide bonds. The molecule has 4 nitrogen and oxygen atoms in total. The van der Waals surface area contributed by atoms with Crippen LogP contribution in [-0.4, -0.2) is 30.8 Å². The third-order valence-corrected chi connectivity index (χ3v) is 3.23. The Morgan fingerprint density at radius 2 is 2.47 bits per heavy atom. The zero-order chi connectivity index (χ0) is 12.1.